The van der Waals surface area contributed by atoms with Crippen molar-refractivity contribution in [2.45, 2.75) is 13.0 Å². The fourth-order valence-corrected chi connectivity index (χ4v) is 3.17. The first-order valence-electron chi connectivity index (χ1n) is 7.99. The first-order chi connectivity index (χ1) is 11.8. The maximum absolute atomic E-state index is 5.43. The molecule has 0 spiro atoms. The van der Waals surface area contributed by atoms with Crippen LogP contribution < -0.4 is 14.4 Å². The van der Waals surface area contributed by atoms with Gasteiger partial charge in [-0.25, -0.2) is 9.97 Å². The molecule has 5 heteroatoms. The minimum Gasteiger partial charge on any atom is -0.493 e. The van der Waals surface area contributed by atoms with E-state index in [9.17, 15) is 0 Å². The number of aromatic nitrogens is 2. The van der Waals surface area contributed by atoms with Gasteiger partial charge in [0.15, 0.2) is 11.5 Å². The van der Waals surface area contributed by atoms with E-state index in [4.69, 9.17) is 14.5 Å². The molecular formula is C19H19N3O2. The zero-order valence-electron chi connectivity index (χ0n) is 13.8. The third kappa shape index (κ3) is 2.52. The minimum atomic E-state index is 0.762. The number of nitrogens with zero attached hydrogens (tertiary/aromatic N) is 3. The van der Waals surface area contributed by atoms with Gasteiger partial charge in [-0.15, -0.1) is 0 Å². The third-order valence-corrected chi connectivity index (χ3v) is 4.48. The SMILES string of the molecule is COc1cc2c(cc1OC)CN(c1ncc3ccccc3n1)CC2. The number of rotatable bonds is 3. The van der Waals surface area contributed by atoms with Gasteiger partial charge >= 0.3 is 0 Å². The Balaban J connectivity index is 1.67. The second-order valence-electron chi connectivity index (χ2n) is 5.88. The number of benzene rings is 2. The highest BCUT2D eigenvalue weighted by Crippen LogP contribution is 2.34. The van der Waals surface area contributed by atoms with Gasteiger partial charge in [-0.05, 0) is 35.7 Å². The predicted octanol–water partition coefficient (Wildman–Crippen LogP) is 3.21. The van der Waals surface area contributed by atoms with Crippen molar-refractivity contribution in [3.8, 4) is 11.5 Å². The molecule has 1 aromatic heterocycles. The number of methoxy groups -OCH3 is 2. The molecule has 0 bridgehead atoms. The number of hydrogen-bond acceptors (Lipinski definition) is 5. The maximum atomic E-state index is 5.43. The summed E-state index contributed by atoms with van der Waals surface area (Å²) in [6.07, 6.45) is 2.83. The number of hydrogen-bond donors (Lipinski definition) is 0. The lowest BCUT2D eigenvalue weighted by Crippen LogP contribution is -2.31. The first-order valence-corrected chi connectivity index (χ1v) is 7.99. The number of fused-ring (bicyclic) bond motifs is 2. The molecule has 4 rings (SSSR count). The lowest BCUT2D eigenvalue weighted by molar-refractivity contribution is 0.353. The third-order valence-electron chi connectivity index (χ3n) is 4.48. The molecule has 2 aromatic carbocycles. The fraction of sp³-hybridized carbons (Fsp3) is 0.263. The molecule has 1 aliphatic heterocycles. The molecule has 5 nitrogen and oxygen atoms in total. The summed E-state index contributed by atoms with van der Waals surface area (Å²) in [4.78, 5) is 11.5. The Bertz CT molecular complexity index is 895. The van der Waals surface area contributed by atoms with E-state index in [2.05, 4.69) is 22.0 Å². The predicted molar refractivity (Wildman–Crippen MR) is 93.8 cm³/mol. The Hall–Kier alpha value is -2.82. The maximum Gasteiger partial charge on any atom is 0.226 e. The molecule has 0 saturated heterocycles. The molecule has 1 aliphatic rings. The van der Waals surface area contributed by atoms with Crippen LogP contribution in [0.1, 0.15) is 11.1 Å². The Morgan fingerprint density at radius 3 is 2.54 bits per heavy atom. The molecule has 0 radical (unpaired) electrons. The Morgan fingerprint density at radius 1 is 1.00 bits per heavy atom. The normalized spacial score (nSPS) is 13.7. The topological polar surface area (TPSA) is 47.5 Å². The van der Waals surface area contributed by atoms with E-state index in [0.717, 1.165) is 47.9 Å². The molecule has 0 saturated carbocycles. The molecule has 3 aromatic rings. The number of para-hydroxylation sites is 1. The van der Waals surface area contributed by atoms with Gasteiger partial charge in [-0.1, -0.05) is 18.2 Å². The molecule has 2 heterocycles. The summed E-state index contributed by atoms with van der Waals surface area (Å²) in [7, 11) is 3.33. The van der Waals surface area contributed by atoms with Gasteiger partial charge in [-0.3, -0.25) is 0 Å². The Labute approximate surface area is 140 Å². The van der Waals surface area contributed by atoms with Crippen LogP contribution in [-0.2, 0) is 13.0 Å². The van der Waals surface area contributed by atoms with E-state index in [1.807, 2.05) is 30.5 Å². The summed E-state index contributed by atoms with van der Waals surface area (Å²) < 4.78 is 10.8. The van der Waals surface area contributed by atoms with Gasteiger partial charge in [-0.2, -0.15) is 0 Å². The quantitative estimate of drug-likeness (QED) is 0.741. The largest absolute Gasteiger partial charge is 0.493 e. The van der Waals surface area contributed by atoms with Crippen molar-refractivity contribution in [3.05, 3.63) is 53.7 Å². The summed E-state index contributed by atoms with van der Waals surface area (Å²) in [6, 6.07) is 12.2. The van der Waals surface area contributed by atoms with Crippen LogP contribution in [0.2, 0.25) is 0 Å². The van der Waals surface area contributed by atoms with E-state index in [1.54, 1.807) is 14.2 Å². The Morgan fingerprint density at radius 2 is 1.75 bits per heavy atom. The van der Waals surface area contributed by atoms with Crippen LogP contribution in [0.5, 0.6) is 11.5 Å². The highest BCUT2D eigenvalue weighted by Gasteiger charge is 2.21. The molecule has 0 unspecified atom stereocenters. The van der Waals surface area contributed by atoms with E-state index in [-0.39, 0.29) is 0 Å². The summed E-state index contributed by atoms with van der Waals surface area (Å²) in [5.41, 5.74) is 3.50. The molecule has 122 valence electrons. The van der Waals surface area contributed by atoms with Crippen molar-refractivity contribution >= 4 is 16.9 Å². The highest BCUT2D eigenvalue weighted by molar-refractivity contribution is 5.78. The lowest BCUT2D eigenvalue weighted by atomic mass is 9.99. The first kappa shape index (κ1) is 14.8. The molecule has 0 N–H and O–H groups in total. The van der Waals surface area contributed by atoms with E-state index in [0.29, 0.717) is 0 Å². The van der Waals surface area contributed by atoms with Gasteiger partial charge in [0.2, 0.25) is 5.95 Å². The standard InChI is InChI=1S/C19H19N3O2/c1-23-17-9-13-7-8-22(12-15(13)10-18(17)24-2)19-20-11-14-5-3-4-6-16(14)21-19/h3-6,9-11H,7-8,12H2,1-2H3. The van der Waals surface area contributed by atoms with Crippen LogP contribution in [0.3, 0.4) is 0 Å². The van der Waals surface area contributed by atoms with Crippen molar-refractivity contribution in [1.82, 2.24) is 9.97 Å². The van der Waals surface area contributed by atoms with Gasteiger partial charge < -0.3 is 14.4 Å². The van der Waals surface area contributed by atoms with Crippen molar-refractivity contribution in [1.29, 1.82) is 0 Å². The number of ether oxygens (including phenoxy) is 2. The molecular weight excluding hydrogens is 302 g/mol. The van der Waals surface area contributed by atoms with Crippen LogP contribution in [-0.4, -0.2) is 30.7 Å². The molecule has 0 atom stereocenters. The molecule has 0 fully saturated rings. The monoisotopic (exact) mass is 321 g/mol. The van der Waals surface area contributed by atoms with Crippen LogP contribution in [0.25, 0.3) is 10.9 Å². The summed E-state index contributed by atoms with van der Waals surface area (Å²) in [5, 5.41) is 1.06. The van der Waals surface area contributed by atoms with Gasteiger partial charge in [0.1, 0.15) is 0 Å². The summed E-state index contributed by atoms with van der Waals surface area (Å²) in [5.74, 6) is 2.32. The smallest absolute Gasteiger partial charge is 0.226 e. The summed E-state index contributed by atoms with van der Waals surface area (Å²) >= 11 is 0. The van der Waals surface area contributed by atoms with Gasteiger partial charge in [0, 0.05) is 24.7 Å². The molecule has 0 aliphatic carbocycles. The average molecular weight is 321 g/mol. The van der Waals surface area contributed by atoms with Crippen molar-refractivity contribution in [2.75, 3.05) is 25.7 Å². The van der Waals surface area contributed by atoms with Crippen molar-refractivity contribution in [2.24, 2.45) is 0 Å². The number of anilines is 1. The highest BCUT2D eigenvalue weighted by atomic mass is 16.5. The average Bonchev–Trinajstić information content (AvgIpc) is 2.66. The van der Waals surface area contributed by atoms with Gasteiger partial charge in [0.25, 0.3) is 0 Å². The van der Waals surface area contributed by atoms with E-state index < -0.39 is 0 Å². The Kier molecular flexibility index (Phi) is 3.69. The summed E-state index contributed by atoms with van der Waals surface area (Å²) in [6.45, 7) is 1.66. The second kappa shape index (κ2) is 6.00. The lowest BCUT2D eigenvalue weighted by Gasteiger charge is -2.29. The van der Waals surface area contributed by atoms with E-state index >= 15 is 0 Å². The van der Waals surface area contributed by atoms with E-state index in [1.165, 1.54) is 11.1 Å². The molecule has 24 heavy (non-hydrogen) atoms. The molecule has 0 amide bonds. The zero-order valence-corrected chi connectivity index (χ0v) is 13.8. The zero-order chi connectivity index (χ0) is 16.5. The minimum absolute atomic E-state index is 0.762. The van der Waals surface area contributed by atoms with Crippen LogP contribution in [0.15, 0.2) is 42.6 Å². The fourth-order valence-electron chi connectivity index (χ4n) is 3.17. The van der Waals surface area contributed by atoms with Crippen molar-refractivity contribution in [3.63, 3.8) is 0 Å². The van der Waals surface area contributed by atoms with Crippen LogP contribution in [0.4, 0.5) is 5.95 Å². The van der Waals surface area contributed by atoms with Crippen LogP contribution >= 0.6 is 0 Å². The van der Waals surface area contributed by atoms with Crippen molar-refractivity contribution < 1.29 is 9.47 Å². The second-order valence-corrected chi connectivity index (χ2v) is 5.88. The van der Waals surface area contributed by atoms with Crippen LogP contribution in [0, 0.1) is 0 Å². The van der Waals surface area contributed by atoms with Gasteiger partial charge in [0.05, 0.1) is 19.7 Å².